The molecular weight excluding hydrogens is 295 g/mol. The highest BCUT2D eigenvalue weighted by Gasteiger charge is 2.03. The van der Waals surface area contributed by atoms with E-state index in [1.165, 1.54) is 0 Å². The Morgan fingerprint density at radius 1 is 1.33 bits per heavy atom. The molecule has 6 heteroatoms. The lowest BCUT2D eigenvalue weighted by molar-refractivity contribution is -0.121. The first-order chi connectivity index (χ1) is 8.13. The number of amides is 1. The highest BCUT2D eigenvalue weighted by Crippen LogP contribution is 2.20. The lowest BCUT2D eigenvalue weighted by atomic mass is 10.1. The van der Waals surface area contributed by atoms with Crippen molar-refractivity contribution < 1.29 is 4.79 Å². The van der Waals surface area contributed by atoms with Crippen LogP contribution in [-0.2, 0) is 11.2 Å². The van der Waals surface area contributed by atoms with Gasteiger partial charge in [0.1, 0.15) is 0 Å². The highest BCUT2D eigenvalue weighted by atomic mass is 35.5. The van der Waals surface area contributed by atoms with E-state index in [1.54, 1.807) is 12.1 Å². The van der Waals surface area contributed by atoms with Crippen LogP contribution in [0.3, 0.4) is 0 Å². The van der Waals surface area contributed by atoms with Crippen molar-refractivity contribution >= 4 is 41.5 Å². The molecule has 3 nitrogen and oxygen atoms in total. The van der Waals surface area contributed by atoms with Crippen molar-refractivity contribution in [3.63, 3.8) is 0 Å². The number of hydrogen-bond acceptors (Lipinski definition) is 2. The van der Waals surface area contributed by atoms with Gasteiger partial charge in [-0.25, -0.2) is 0 Å². The molecule has 1 amide bonds. The first-order valence-corrected chi connectivity index (χ1v) is 6.29. The van der Waals surface area contributed by atoms with Crippen LogP contribution in [0.1, 0.15) is 18.4 Å². The summed E-state index contributed by atoms with van der Waals surface area (Å²) in [5.41, 5.74) is 6.30. The van der Waals surface area contributed by atoms with Gasteiger partial charge in [-0.2, -0.15) is 0 Å². The molecule has 0 fully saturated rings. The molecule has 0 aromatic heterocycles. The van der Waals surface area contributed by atoms with Gasteiger partial charge in [0, 0.05) is 23.0 Å². The monoisotopic (exact) mass is 310 g/mol. The molecule has 0 aliphatic heterocycles. The smallest absolute Gasteiger partial charge is 0.220 e. The van der Waals surface area contributed by atoms with E-state index in [2.05, 4.69) is 5.32 Å². The summed E-state index contributed by atoms with van der Waals surface area (Å²) < 4.78 is 0. The number of carbonyl (C=O) groups excluding carboxylic acids is 1. The zero-order chi connectivity index (χ0) is 12.7. The van der Waals surface area contributed by atoms with Crippen LogP contribution in [0.2, 0.25) is 10.0 Å². The van der Waals surface area contributed by atoms with Crippen molar-refractivity contribution in [2.24, 2.45) is 5.73 Å². The van der Waals surface area contributed by atoms with Crippen molar-refractivity contribution in [2.75, 3.05) is 13.1 Å². The summed E-state index contributed by atoms with van der Waals surface area (Å²) in [6.45, 7) is 1.11. The first-order valence-electron chi connectivity index (χ1n) is 5.54. The van der Waals surface area contributed by atoms with Crippen molar-refractivity contribution in [1.29, 1.82) is 0 Å². The van der Waals surface area contributed by atoms with Gasteiger partial charge in [-0.3, -0.25) is 4.79 Å². The number of nitrogens with one attached hydrogen (secondary N) is 1. The minimum atomic E-state index is 0. The van der Waals surface area contributed by atoms with Gasteiger partial charge in [-0.05, 0) is 37.1 Å². The van der Waals surface area contributed by atoms with E-state index in [4.69, 9.17) is 28.9 Å². The first kappa shape index (κ1) is 17.5. The van der Waals surface area contributed by atoms with Crippen molar-refractivity contribution in [1.82, 2.24) is 5.32 Å². The number of nitrogens with two attached hydrogens (primary N) is 1. The molecule has 0 unspecified atom stereocenters. The molecule has 0 saturated heterocycles. The Balaban J connectivity index is 0.00000289. The van der Waals surface area contributed by atoms with Gasteiger partial charge in [0.25, 0.3) is 0 Å². The average molecular weight is 312 g/mol. The van der Waals surface area contributed by atoms with E-state index >= 15 is 0 Å². The quantitative estimate of drug-likeness (QED) is 0.849. The fourth-order valence-electron chi connectivity index (χ4n) is 1.41. The van der Waals surface area contributed by atoms with Crippen LogP contribution >= 0.6 is 35.6 Å². The minimum absolute atomic E-state index is 0. The zero-order valence-electron chi connectivity index (χ0n) is 9.92. The summed E-state index contributed by atoms with van der Waals surface area (Å²) in [6, 6.07) is 5.37. The Kier molecular flexibility index (Phi) is 9.20. The van der Waals surface area contributed by atoms with Gasteiger partial charge >= 0.3 is 0 Å². The maximum absolute atomic E-state index is 11.3. The second-order valence-corrected chi connectivity index (χ2v) is 4.57. The van der Waals surface area contributed by atoms with Crippen LogP contribution < -0.4 is 11.1 Å². The van der Waals surface area contributed by atoms with Gasteiger partial charge in [0.2, 0.25) is 5.91 Å². The topological polar surface area (TPSA) is 55.1 Å². The molecule has 0 saturated carbocycles. The molecule has 1 aromatic carbocycles. The predicted molar refractivity (Wildman–Crippen MR) is 78.7 cm³/mol. The van der Waals surface area contributed by atoms with Gasteiger partial charge in [-0.15, -0.1) is 12.4 Å². The van der Waals surface area contributed by atoms with Crippen LogP contribution in [0.15, 0.2) is 18.2 Å². The minimum Gasteiger partial charge on any atom is -0.356 e. The second-order valence-electron chi connectivity index (χ2n) is 3.73. The van der Waals surface area contributed by atoms with Crippen molar-refractivity contribution in [2.45, 2.75) is 19.3 Å². The summed E-state index contributed by atoms with van der Waals surface area (Å²) in [7, 11) is 0. The molecule has 18 heavy (non-hydrogen) atoms. The summed E-state index contributed by atoms with van der Waals surface area (Å²) in [5.74, 6) is 0.0283. The summed E-state index contributed by atoms with van der Waals surface area (Å²) in [6.07, 6.45) is 1.89. The number of halogens is 3. The molecule has 0 spiro atoms. The largest absolute Gasteiger partial charge is 0.356 e. The third kappa shape index (κ3) is 6.45. The van der Waals surface area contributed by atoms with Crippen molar-refractivity contribution in [3.8, 4) is 0 Å². The predicted octanol–water partition coefficient (Wildman–Crippen LogP) is 2.81. The molecule has 0 aliphatic rings. The summed E-state index contributed by atoms with van der Waals surface area (Å²) in [4.78, 5) is 11.3. The van der Waals surface area contributed by atoms with Gasteiger partial charge in [0.05, 0.1) is 0 Å². The number of benzene rings is 1. The van der Waals surface area contributed by atoms with Gasteiger partial charge in [-0.1, -0.05) is 29.3 Å². The van der Waals surface area contributed by atoms with E-state index in [0.29, 0.717) is 42.4 Å². The molecule has 0 atom stereocenters. The molecule has 102 valence electrons. The molecule has 1 aromatic rings. The van der Waals surface area contributed by atoms with E-state index in [1.807, 2.05) is 6.07 Å². The molecule has 1 rings (SSSR count). The Labute approximate surface area is 123 Å². The van der Waals surface area contributed by atoms with Gasteiger partial charge in [0.15, 0.2) is 0 Å². The third-order valence-corrected chi connectivity index (χ3v) is 2.93. The molecule has 0 heterocycles. The van der Waals surface area contributed by atoms with E-state index in [-0.39, 0.29) is 18.3 Å². The molecule has 0 bridgehead atoms. The molecule has 3 N–H and O–H groups in total. The maximum Gasteiger partial charge on any atom is 0.220 e. The summed E-state index contributed by atoms with van der Waals surface area (Å²) in [5, 5.41) is 4.07. The Morgan fingerprint density at radius 2 is 2.06 bits per heavy atom. The fourth-order valence-corrected chi connectivity index (χ4v) is 1.92. The molecular formula is C12H17Cl3N2O. The Bertz CT molecular complexity index is 386. The Hall–Kier alpha value is -0.480. The third-order valence-electron chi connectivity index (χ3n) is 2.34. The molecule has 0 radical (unpaired) electrons. The van der Waals surface area contributed by atoms with Crippen LogP contribution in [0.4, 0.5) is 0 Å². The van der Waals surface area contributed by atoms with Gasteiger partial charge < -0.3 is 11.1 Å². The number of hydrogen-bond donors (Lipinski definition) is 2. The molecule has 0 aliphatic carbocycles. The second kappa shape index (κ2) is 9.45. The summed E-state index contributed by atoms with van der Waals surface area (Å²) >= 11 is 11.8. The fraction of sp³-hybridized carbons (Fsp3) is 0.417. The van der Waals surface area contributed by atoms with Crippen LogP contribution in [0.25, 0.3) is 0 Å². The van der Waals surface area contributed by atoms with E-state index in [9.17, 15) is 4.79 Å². The normalized spacial score (nSPS) is 9.72. The zero-order valence-corrected chi connectivity index (χ0v) is 12.2. The van der Waals surface area contributed by atoms with E-state index in [0.717, 1.165) is 5.56 Å². The SMILES string of the molecule is Cl.NCCCC(=O)NCCc1ccc(Cl)cc1Cl. The number of rotatable bonds is 6. The van der Waals surface area contributed by atoms with Crippen LogP contribution in [-0.4, -0.2) is 19.0 Å². The van der Waals surface area contributed by atoms with Crippen LogP contribution in [0, 0.1) is 0 Å². The lowest BCUT2D eigenvalue weighted by Crippen LogP contribution is -2.26. The maximum atomic E-state index is 11.3. The van der Waals surface area contributed by atoms with Crippen molar-refractivity contribution in [3.05, 3.63) is 33.8 Å². The van der Waals surface area contributed by atoms with Crippen LogP contribution in [0.5, 0.6) is 0 Å². The standard InChI is InChI=1S/C12H16Cl2N2O.ClH/c13-10-4-3-9(11(14)8-10)5-7-16-12(17)2-1-6-15;/h3-4,8H,1-2,5-7,15H2,(H,16,17);1H. The number of carbonyl (C=O) groups is 1. The average Bonchev–Trinajstić information content (AvgIpc) is 2.29. The Morgan fingerprint density at radius 3 is 2.67 bits per heavy atom. The lowest BCUT2D eigenvalue weighted by Gasteiger charge is -2.06. The highest BCUT2D eigenvalue weighted by molar-refractivity contribution is 6.35. The van der Waals surface area contributed by atoms with E-state index < -0.39 is 0 Å².